The number of nitrogens with zero attached hydrogens (tertiary/aromatic N) is 3. The van der Waals surface area contributed by atoms with E-state index in [2.05, 4.69) is 16.8 Å². The van der Waals surface area contributed by atoms with Crippen LogP contribution in [0.5, 0.6) is 0 Å². The minimum absolute atomic E-state index is 0.0642. The van der Waals surface area contributed by atoms with Gasteiger partial charge in [-0.15, -0.1) is 0 Å². The number of oxazole rings is 1. The molecule has 0 aliphatic carbocycles. The molecule has 0 unspecified atom stereocenters. The van der Waals surface area contributed by atoms with Crippen molar-refractivity contribution < 1.29 is 14.1 Å². The van der Waals surface area contributed by atoms with Crippen LogP contribution in [0.4, 0.5) is 11.4 Å². The van der Waals surface area contributed by atoms with Gasteiger partial charge in [0, 0.05) is 35.4 Å². The first-order valence-corrected chi connectivity index (χ1v) is 8.63. The van der Waals surface area contributed by atoms with Crippen molar-refractivity contribution in [3.63, 3.8) is 0 Å². The molecule has 1 amide bonds. The molecule has 0 bridgehead atoms. The van der Waals surface area contributed by atoms with Gasteiger partial charge in [-0.1, -0.05) is 0 Å². The molecular weight excluding hydrogens is 364 g/mol. The first-order chi connectivity index (χ1) is 13.5. The lowest BCUT2D eigenvalue weighted by molar-refractivity contribution is -0.384. The van der Waals surface area contributed by atoms with Crippen LogP contribution in [0.1, 0.15) is 6.92 Å². The summed E-state index contributed by atoms with van der Waals surface area (Å²) in [5.41, 5.74) is 1.88. The van der Waals surface area contributed by atoms with Crippen LogP contribution in [-0.2, 0) is 17.9 Å². The van der Waals surface area contributed by atoms with E-state index in [4.69, 9.17) is 4.42 Å². The molecule has 0 fully saturated rings. The fourth-order valence-corrected chi connectivity index (χ4v) is 3.22. The number of nitro groups is 1. The Morgan fingerprint density at radius 1 is 1.18 bits per heavy atom. The van der Waals surface area contributed by atoms with Gasteiger partial charge in [-0.2, -0.15) is 0 Å². The summed E-state index contributed by atoms with van der Waals surface area (Å²) in [6.07, 6.45) is 1.98. The van der Waals surface area contributed by atoms with Crippen molar-refractivity contribution in [1.82, 2.24) is 9.13 Å². The third-order valence-electron chi connectivity index (χ3n) is 4.56. The zero-order chi connectivity index (χ0) is 19.8. The molecule has 2 aromatic carbocycles. The second kappa shape index (κ2) is 6.69. The number of anilines is 1. The molecule has 28 heavy (non-hydrogen) atoms. The van der Waals surface area contributed by atoms with Gasteiger partial charge in [-0.05, 0) is 37.3 Å². The maximum atomic E-state index is 12.4. The van der Waals surface area contributed by atoms with Crippen LogP contribution < -0.4 is 11.1 Å². The molecule has 1 N–H and O–H groups in total. The van der Waals surface area contributed by atoms with Gasteiger partial charge in [0.25, 0.3) is 5.69 Å². The first-order valence-electron chi connectivity index (χ1n) is 8.63. The average Bonchev–Trinajstić information content (AvgIpc) is 3.21. The third-order valence-corrected chi connectivity index (χ3v) is 4.56. The Bertz CT molecular complexity index is 1280. The predicted molar refractivity (Wildman–Crippen MR) is 103 cm³/mol. The topological polar surface area (TPSA) is 112 Å². The van der Waals surface area contributed by atoms with Gasteiger partial charge in [0.2, 0.25) is 5.91 Å². The number of aromatic nitrogens is 2. The summed E-state index contributed by atoms with van der Waals surface area (Å²) in [5, 5.41) is 14.6. The molecule has 2 heterocycles. The van der Waals surface area contributed by atoms with Crippen LogP contribution in [0, 0.1) is 10.1 Å². The van der Waals surface area contributed by atoms with E-state index in [9.17, 15) is 19.7 Å². The minimum Gasteiger partial charge on any atom is -0.407 e. The minimum atomic E-state index is -0.749. The molecule has 0 aliphatic heterocycles. The monoisotopic (exact) mass is 380 g/mol. The standard InChI is InChI=1S/C19H16N4O5/c1-2-21-8-7-12-9-13(3-5-15(12)21)20-18(24)11-22-16-6-4-14(23(26)27)10-17(16)28-19(22)25/h3-10H,2,11H2,1H3,(H,20,24). The number of aryl methyl sites for hydroxylation is 1. The average molecular weight is 380 g/mol. The Hall–Kier alpha value is -3.88. The third kappa shape index (κ3) is 3.02. The molecule has 0 radical (unpaired) electrons. The van der Waals surface area contributed by atoms with Crippen LogP contribution in [0.15, 0.2) is 57.9 Å². The molecule has 0 aliphatic rings. The Morgan fingerprint density at radius 2 is 1.96 bits per heavy atom. The number of nitro benzene ring substituents is 1. The normalized spacial score (nSPS) is 11.2. The number of rotatable bonds is 5. The van der Waals surface area contributed by atoms with Gasteiger partial charge in [0.05, 0.1) is 16.5 Å². The zero-order valence-corrected chi connectivity index (χ0v) is 14.9. The highest BCUT2D eigenvalue weighted by atomic mass is 16.6. The molecule has 4 rings (SSSR count). The lowest BCUT2D eigenvalue weighted by atomic mass is 10.2. The first kappa shape index (κ1) is 17.5. The van der Waals surface area contributed by atoms with E-state index in [0.29, 0.717) is 11.2 Å². The molecule has 2 aromatic heterocycles. The highest BCUT2D eigenvalue weighted by Gasteiger charge is 2.16. The summed E-state index contributed by atoms with van der Waals surface area (Å²) >= 11 is 0. The van der Waals surface area contributed by atoms with E-state index in [1.54, 1.807) is 6.07 Å². The number of non-ortho nitro benzene ring substituents is 1. The molecule has 0 spiro atoms. The van der Waals surface area contributed by atoms with Crippen molar-refractivity contribution in [2.75, 3.05) is 5.32 Å². The molecule has 0 atom stereocenters. The molecule has 0 saturated carbocycles. The summed E-state index contributed by atoms with van der Waals surface area (Å²) in [7, 11) is 0. The van der Waals surface area contributed by atoms with Crippen LogP contribution in [0.25, 0.3) is 22.0 Å². The maximum Gasteiger partial charge on any atom is 0.420 e. The van der Waals surface area contributed by atoms with E-state index in [-0.39, 0.29) is 17.8 Å². The number of hydrogen-bond acceptors (Lipinski definition) is 5. The van der Waals surface area contributed by atoms with Gasteiger partial charge in [0.1, 0.15) is 6.54 Å². The Kier molecular flexibility index (Phi) is 4.19. The second-order valence-corrected chi connectivity index (χ2v) is 6.29. The fourth-order valence-electron chi connectivity index (χ4n) is 3.22. The Labute approximate surface area is 157 Å². The van der Waals surface area contributed by atoms with Crippen molar-refractivity contribution in [2.45, 2.75) is 20.0 Å². The summed E-state index contributed by atoms with van der Waals surface area (Å²) in [6.45, 7) is 2.64. The molecule has 0 saturated heterocycles. The summed E-state index contributed by atoms with van der Waals surface area (Å²) < 4.78 is 8.27. The second-order valence-electron chi connectivity index (χ2n) is 6.29. The SMILES string of the molecule is CCn1ccc2cc(NC(=O)Cn3c(=O)oc4cc([N+](=O)[O-])ccc43)ccc21. The van der Waals surface area contributed by atoms with Crippen molar-refractivity contribution in [1.29, 1.82) is 0 Å². The lowest BCUT2D eigenvalue weighted by Gasteiger charge is -2.07. The zero-order valence-electron chi connectivity index (χ0n) is 14.9. The Balaban J connectivity index is 1.57. The summed E-state index contributed by atoms with van der Waals surface area (Å²) in [5.74, 6) is -1.15. The van der Waals surface area contributed by atoms with Crippen molar-refractivity contribution >= 4 is 39.3 Å². The number of fused-ring (bicyclic) bond motifs is 2. The number of carbonyl (C=O) groups is 1. The molecule has 142 valence electrons. The van der Waals surface area contributed by atoms with Crippen molar-refractivity contribution in [2.24, 2.45) is 0 Å². The number of benzene rings is 2. The molecule has 9 nitrogen and oxygen atoms in total. The molecular formula is C19H16N4O5. The number of nitrogens with one attached hydrogen (secondary N) is 1. The predicted octanol–water partition coefficient (Wildman–Crippen LogP) is 3.12. The van der Waals surface area contributed by atoms with Crippen molar-refractivity contribution in [3.05, 3.63) is 69.3 Å². The molecule has 9 heteroatoms. The fraction of sp³-hybridized carbons (Fsp3) is 0.158. The highest BCUT2D eigenvalue weighted by molar-refractivity contribution is 5.94. The van der Waals surface area contributed by atoms with Gasteiger partial charge in [0.15, 0.2) is 5.58 Å². The van der Waals surface area contributed by atoms with E-state index < -0.39 is 16.6 Å². The summed E-state index contributed by atoms with van der Waals surface area (Å²) in [6, 6.07) is 11.4. The van der Waals surface area contributed by atoms with Crippen LogP contribution in [-0.4, -0.2) is 20.0 Å². The van der Waals surface area contributed by atoms with Crippen molar-refractivity contribution in [3.8, 4) is 0 Å². The van der Waals surface area contributed by atoms with Crippen LogP contribution >= 0.6 is 0 Å². The smallest absolute Gasteiger partial charge is 0.407 e. The maximum absolute atomic E-state index is 12.4. The number of hydrogen-bond donors (Lipinski definition) is 1. The Morgan fingerprint density at radius 3 is 2.71 bits per heavy atom. The highest BCUT2D eigenvalue weighted by Crippen LogP contribution is 2.22. The van der Waals surface area contributed by atoms with E-state index in [0.717, 1.165) is 28.1 Å². The molecule has 4 aromatic rings. The largest absolute Gasteiger partial charge is 0.420 e. The van der Waals surface area contributed by atoms with E-state index in [1.807, 2.05) is 24.4 Å². The quantitative estimate of drug-likeness (QED) is 0.422. The van der Waals surface area contributed by atoms with E-state index >= 15 is 0 Å². The van der Waals surface area contributed by atoms with Crippen LogP contribution in [0.2, 0.25) is 0 Å². The van der Waals surface area contributed by atoms with Crippen LogP contribution in [0.3, 0.4) is 0 Å². The van der Waals surface area contributed by atoms with Gasteiger partial charge in [-0.25, -0.2) is 4.79 Å². The van der Waals surface area contributed by atoms with E-state index in [1.165, 1.54) is 12.1 Å². The summed E-state index contributed by atoms with van der Waals surface area (Å²) in [4.78, 5) is 34.8. The van der Waals surface area contributed by atoms with Gasteiger partial charge >= 0.3 is 5.76 Å². The van der Waals surface area contributed by atoms with Gasteiger partial charge in [-0.3, -0.25) is 19.5 Å². The van der Waals surface area contributed by atoms with Gasteiger partial charge < -0.3 is 14.3 Å². The lowest BCUT2D eigenvalue weighted by Crippen LogP contribution is -2.24. The number of carbonyl (C=O) groups excluding carboxylic acids is 1. The number of amides is 1.